The molecule has 0 saturated carbocycles. The lowest BCUT2D eigenvalue weighted by Crippen LogP contribution is -2.52. The molecule has 0 spiro atoms. The maximum Gasteiger partial charge on any atom is 0.290 e. The molecule has 7 nitrogen and oxygen atoms in total. The lowest BCUT2D eigenvalue weighted by atomic mass is 10.0. The Labute approximate surface area is 207 Å². The van der Waals surface area contributed by atoms with E-state index in [1.54, 1.807) is 6.08 Å². The summed E-state index contributed by atoms with van der Waals surface area (Å²) in [5.41, 5.74) is 3.32. The van der Waals surface area contributed by atoms with Gasteiger partial charge in [0.2, 0.25) is 0 Å². The molecule has 9 heteroatoms. The molecule has 2 aliphatic rings. The van der Waals surface area contributed by atoms with Crippen LogP contribution in [0.2, 0.25) is 0 Å². The molecule has 35 heavy (non-hydrogen) atoms. The standard InChI is InChI=1S/C26H26FN5O2S/c1-3-8-31-9-10-32(14-16(31)2)22-7-5-18(13-20(22)27)24-19-11-17(4-6-21(19)28-15-29-24)12-23-25(33)30-26(34)35-23/h4-7,11-13,15-16H,3,8-10,14H2,1-2H3,(H,30,33,34). The van der Waals surface area contributed by atoms with Crippen molar-refractivity contribution in [1.82, 2.24) is 20.2 Å². The molecule has 1 aromatic heterocycles. The SMILES string of the molecule is CCCN1CCN(c2ccc(-c3ncnc4ccc(C=C5SC(=O)NC5=O)cc34)cc2F)CC1C. The fourth-order valence-corrected chi connectivity index (χ4v) is 5.39. The zero-order valence-corrected chi connectivity index (χ0v) is 20.4. The molecule has 0 radical (unpaired) electrons. The number of imide groups is 1. The third kappa shape index (κ3) is 4.78. The molecule has 2 aromatic carbocycles. The van der Waals surface area contributed by atoms with E-state index in [1.165, 1.54) is 12.4 Å². The molecule has 0 aliphatic carbocycles. The Morgan fingerprint density at radius 3 is 2.74 bits per heavy atom. The van der Waals surface area contributed by atoms with Crippen molar-refractivity contribution in [2.75, 3.05) is 31.1 Å². The van der Waals surface area contributed by atoms with E-state index < -0.39 is 5.91 Å². The molecule has 1 unspecified atom stereocenters. The first kappa shape index (κ1) is 23.4. The van der Waals surface area contributed by atoms with Gasteiger partial charge in [0, 0.05) is 36.6 Å². The van der Waals surface area contributed by atoms with Gasteiger partial charge in [-0.3, -0.25) is 19.8 Å². The van der Waals surface area contributed by atoms with Crippen LogP contribution in [-0.2, 0) is 4.79 Å². The second-order valence-corrected chi connectivity index (χ2v) is 9.86. The van der Waals surface area contributed by atoms with Gasteiger partial charge in [-0.15, -0.1) is 0 Å². The highest BCUT2D eigenvalue weighted by Gasteiger charge is 2.26. The van der Waals surface area contributed by atoms with Crippen LogP contribution in [-0.4, -0.2) is 58.2 Å². The van der Waals surface area contributed by atoms with E-state index in [9.17, 15) is 9.59 Å². The Kier molecular flexibility index (Phi) is 6.53. The van der Waals surface area contributed by atoms with Crippen molar-refractivity contribution in [1.29, 1.82) is 0 Å². The number of nitrogens with zero attached hydrogens (tertiary/aromatic N) is 4. The molecular formula is C26H26FN5O2S. The molecule has 2 saturated heterocycles. The number of hydrogen-bond donors (Lipinski definition) is 1. The van der Waals surface area contributed by atoms with Crippen molar-refractivity contribution < 1.29 is 14.0 Å². The van der Waals surface area contributed by atoms with Gasteiger partial charge in [-0.1, -0.05) is 19.1 Å². The highest BCUT2D eigenvalue weighted by Crippen LogP contribution is 2.32. The fourth-order valence-electron chi connectivity index (χ4n) is 4.71. The number of hydrogen-bond acceptors (Lipinski definition) is 7. The minimum atomic E-state index is -0.410. The van der Waals surface area contributed by atoms with Gasteiger partial charge in [-0.05, 0) is 67.6 Å². The van der Waals surface area contributed by atoms with Gasteiger partial charge in [0.1, 0.15) is 12.1 Å². The molecule has 2 fully saturated rings. The molecule has 5 rings (SSSR count). The number of carbonyl (C=O) groups is 2. The van der Waals surface area contributed by atoms with Crippen molar-refractivity contribution in [3.63, 3.8) is 0 Å². The van der Waals surface area contributed by atoms with Crippen LogP contribution in [0.4, 0.5) is 14.9 Å². The summed E-state index contributed by atoms with van der Waals surface area (Å²) in [7, 11) is 0. The predicted octanol–water partition coefficient (Wildman–Crippen LogP) is 4.68. The third-order valence-electron chi connectivity index (χ3n) is 6.44. The zero-order valence-electron chi connectivity index (χ0n) is 19.6. The first-order valence-corrected chi connectivity index (χ1v) is 12.5. The molecule has 3 aromatic rings. The first-order chi connectivity index (χ1) is 16.9. The minimum Gasteiger partial charge on any atom is -0.366 e. The predicted molar refractivity (Wildman–Crippen MR) is 138 cm³/mol. The van der Waals surface area contributed by atoms with Crippen LogP contribution in [0.5, 0.6) is 0 Å². The van der Waals surface area contributed by atoms with Crippen molar-refractivity contribution >= 4 is 45.6 Å². The number of fused-ring (bicyclic) bond motifs is 1. The van der Waals surface area contributed by atoms with Crippen molar-refractivity contribution in [3.05, 3.63) is 59.0 Å². The topological polar surface area (TPSA) is 78.4 Å². The van der Waals surface area contributed by atoms with E-state index in [0.717, 1.165) is 55.3 Å². The molecule has 2 aliphatic heterocycles. The number of benzene rings is 2. The number of thioether (sulfide) groups is 1. The van der Waals surface area contributed by atoms with E-state index in [0.29, 0.717) is 33.4 Å². The number of nitrogens with one attached hydrogen (secondary N) is 1. The average molecular weight is 492 g/mol. The number of rotatable bonds is 5. The molecular weight excluding hydrogens is 465 g/mol. The smallest absolute Gasteiger partial charge is 0.290 e. The first-order valence-electron chi connectivity index (χ1n) is 11.7. The van der Waals surface area contributed by atoms with Crippen molar-refractivity contribution in [2.24, 2.45) is 0 Å². The molecule has 1 atom stereocenters. The van der Waals surface area contributed by atoms with E-state index in [1.807, 2.05) is 30.3 Å². The molecule has 1 N–H and O–H groups in total. The van der Waals surface area contributed by atoms with Gasteiger partial charge >= 0.3 is 0 Å². The summed E-state index contributed by atoms with van der Waals surface area (Å²) in [5.74, 6) is -0.687. The van der Waals surface area contributed by atoms with Gasteiger partial charge in [0.15, 0.2) is 0 Å². The summed E-state index contributed by atoms with van der Waals surface area (Å²) < 4.78 is 15.3. The van der Waals surface area contributed by atoms with Crippen LogP contribution >= 0.6 is 11.8 Å². The van der Waals surface area contributed by atoms with Gasteiger partial charge in [-0.2, -0.15) is 0 Å². The van der Waals surface area contributed by atoms with Gasteiger partial charge in [0.25, 0.3) is 11.1 Å². The fraction of sp³-hybridized carbons (Fsp3) is 0.308. The van der Waals surface area contributed by atoms with E-state index >= 15 is 4.39 Å². The summed E-state index contributed by atoms with van der Waals surface area (Å²) >= 11 is 0.867. The Morgan fingerprint density at radius 2 is 2.03 bits per heavy atom. The van der Waals surface area contributed by atoms with Crippen LogP contribution in [0.25, 0.3) is 28.2 Å². The monoisotopic (exact) mass is 491 g/mol. The molecule has 180 valence electrons. The van der Waals surface area contributed by atoms with Gasteiger partial charge in [0.05, 0.1) is 21.8 Å². The second-order valence-electron chi connectivity index (χ2n) is 8.85. The number of carbonyl (C=O) groups excluding carboxylic acids is 2. The molecule has 0 bridgehead atoms. The van der Waals surface area contributed by atoms with Crippen LogP contribution in [0.3, 0.4) is 0 Å². The van der Waals surface area contributed by atoms with Crippen LogP contribution < -0.4 is 10.2 Å². The quantitative estimate of drug-likeness (QED) is 0.519. The summed E-state index contributed by atoms with van der Waals surface area (Å²) in [6.07, 6.45) is 4.24. The van der Waals surface area contributed by atoms with Crippen LogP contribution in [0.1, 0.15) is 25.8 Å². The number of anilines is 1. The average Bonchev–Trinajstić information content (AvgIpc) is 3.16. The van der Waals surface area contributed by atoms with Crippen LogP contribution in [0, 0.1) is 5.82 Å². The Morgan fingerprint density at radius 1 is 1.17 bits per heavy atom. The number of piperazine rings is 1. The largest absolute Gasteiger partial charge is 0.366 e. The lowest BCUT2D eigenvalue weighted by Gasteiger charge is -2.41. The zero-order chi connectivity index (χ0) is 24.5. The second kappa shape index (κ2) is 9.75. The van der Waals surface area contributed by atoms with Crippen LogP contribution in [0.15, 0.2) is 47.6 Å². The normalized spacial score (nSPS) is 20.1. The summed E-state index contributed by atoms with van der Waals surface area (Å²) in [6, 6.07) is 11.1. The van der Waals surface area contributed by atoms with Gasteiger partial charge < -0.3 is 4.90 Å². The van der Waals surface area contributed by atoms with Gasteiger partial charge in [-0.25, -0.2) is 14.4 Å². The van der Waals surface area contributed by atoms with Crippen molar-refractivity contribution in [3.8, 4) is 11.3 Å². The summed E-state index contributed by atoms with van der Waals surface area (Å²) in [6.45, 7) is 7.95. The summed E-state index contributed by atoms with van der Waals surface area (Å²) in [5, 5.41) is 2.61. The highest BCUT2D eigenvalue weighted by atomic mass is 32.2. The lowest BCUT2D eigenvalue weighted by molar-refractivity contribution is -0.115. The Balaban J connectivity index is 1.45. The maximum absolute atomic E-state index is 15.3. The minimum absolute atomic E-state index is 0.277. The van der Waals surface area contributed by atoms with E-state index in [2.05, 4.69) is 38.9 Å². The summed E-state index contributed by atoms with van der Waals surface area (Å²) in [4.78, 5) is 37.1. The third-order valence-corrected chi connectivity index (χ3v) is 7.25. The number of halogens is 1. The number of amides is 2. The van der Waals surface area contributed by atoms with Crippen molar-refractivity contribution in [2.45, 2.75) is 26.3 Å². The molecule has 2 amide bonds. The maximum atomic E-state index is 15.3. The Bertz CT molecular complexity index is 1340. The number of aromatic nitrogens is 2. The van der Waals surface area contributed by atoms with E-state index in [4.69, 9.17) is 0 Å². The molecule has 3 heterocycles. The Hall–Kier alpha value is -3.30. The van der Waals surface area contributed by atoms with E-state index in [-0.39, 0.29) is 11.1 Å². The highest BCUT2D eigenvalue weighted by molar-refractivity contribution is 8.18.